The van der Waals surface area contributed by atoms with Crippen molar-refractivity contribution in [1.82, 2.24) is 0 Å². The van der Waals surface area contributed by atoms with Crippen LogP contribution in [0.1, 0.15) is 65.3 Å². The van der Waals surface area contributed by atoms with Crippen LogP contribution in [0.4, 0.5) is 0 Å². The molecule has 0 aliphatic heterocycles. The lowest BCUT2D eigenvalue weighted by atomic mass is 9.71. The van der Waals surface area contributed by atoms with Crippen molar-refractivity contribution in [3.05, 3.63) is 287 Å². The van der Waals surface area contributed by atoms with Crippen molar-refractivity contribution < 1.29 is 4.42 Å². The predicted octanol–water partition coefficient (Wildman–Crippen LogP) is 19.3. The van der Waals surface area contributed by atoms with Crippen LogP contribution in [0.15, 0.2) is 235 Å². The van der Waals surface area contributed by atoms with E-state index in [0.717, 1.165) is 45.0 Å². The van der Waals surface area contributed by atoms with Gasteiger partial charge < -0.3 is 4.42 Å². The van der Waals surface area contributed by atoms with E-state index < -0.39 is 5.41 Å². The predicted molar refractivity (Wildman–Crippen MR) is 312 cm³/mol. The molecule has 1 atom stereocenters. The van der Waals surface area contributed by atoms with Crippen LogP contribution in [0.5, 0.6) is 0 Å². The number of hydrogen-bond acceptors (Lipinski definition) is 1. The lowest BCUT2D eigenvalue weighted by Gasteiger charge is -2.30. The zero-order valence-corrected chi connectivity index (χ0v) is 42.1. The maximum atomic E-state index is 7.18. The minimum atomic E-state index is -0.470. The van der Waals surface area contributed by atoms with E-state index in [9.17, 15) is 0 Å². The van der Waals surface area contributed by atoms with E-state index in [0.29, 0.717) is 0 Å². The number of hydrogen-bond donors (Lipinski definition) is 0. The second-order valence-electron chi connectivity index (χ2n) is 21.5. The number of benzene rings is 10. The van der Waals surface area contributed by atoms with Crippen LogP contribution < -0.4 is 0 Å². The van der Waals surface area contributed by atoms with Crippen molar-refractivity contribution in [2.75, 3.05) is 0 Å². The third-order valence-corrected chi connectivity index (χ3v) is 16.9. The molecule has 1 nitrogen and oxygen atoms in total. The van der Waals surface area contributed by atoms with Crippen molar-refractivity contribution in [2.45, 2.75) is 38.0 Å². The fourth-order valence-corrected chi connectivity index (χ4v) is 13.4. The van der Waals surface area contributed by atoms with Crippen molar-refractivity contribution in [1.29, 1.82) is 0 Å². The molecule has 15 rings (SSSR count). The second kappa shape index (κ2) is 16.4. The molecule has 1 unspecified atom stereocenters. The van der Waals surface area contributed by atoms with Gasteiger partial charge in [0.1, 0.15) is 11.2 Å². The number of fused-ring (bicyclic) bond motifs is 11. The Kier molecular flexibility index (Phi) is 9.48. The molecule has 11 aromatic carbocycles. The average molecular weight is 955 g/mol. The largest absolute Gasteiger partial charge is 0.455 e. The molecule has 75 heavy (non-hydrogen) atoms. The summed E-state index contributed by atoms with van der Waals surface area (Å²) in [4.78, 5) is 0. The third-order valence-electron chi connectivity index (χ3n) is 16.9. The van der Waals surface area contributed by atoms with Gasteiger partial charge in [0, 0.05) is 27.2 Å². The Bertz CT molecular complexity index is 4310. The van der Waals surface area contributed by atoms with Crippen LogP contribution >= 0.6 is 0 Å². The average Bonchev–Trinajstić information content (AvgIpc) is 4.16. The smallest absolute Gasteiger partial charge is 0.143 e. The van der Waals surface area contributed by atoms with Crippen molar-refractivity contribution in [3.63, 3.8) is 0 Å². The summed E-state index contributed by atoms with van der Waals surface area (Å²) in [6, 6.07) is 91.6. The van der Waals surface area contributed by atoms with Crippen LogP contribution in [-0.2, 0) is 17.3 Å². The van der Waals surface area contributed by atoms with Gasteiger partial charge in [0.25, 0.3) is 0 Å². The lowest BCUT2D eigenvalue weighted by molar-refractivity contribution is 0.661. The molecule has 1 heteroatoms. The molecule has 0 saturated heterocycles. The fraction of sp³-hybridized carbons (Fsp3) is 0.0811. The first kappa shape index (κ1) is 43.4. The normalized spacial score (nSPS) is 15.3. The van der Waals surface area contributed by atoms with E-state index in [1.54, 1.807) is 0 Å². The van der Waals surface area contributed by atoms with Gasteiger partial charge in [-0.15, -0.1) is 0 Å². The van der Waals surface area contributed by atoms with E-state index in [2.05, 4.69) is 263 Å². The Labute approximate surface area is 438 Å². The second-order valence-corrected chi connectivity index (χ2v) is 21.5. The van der Waals surface area contributed by atoms with Gasteiger partial charge in [0.05, 0.1) is 0 Å². The highest BCUT2D eigenvalue weighted by molar-refractivity contribution is 6.13. The summed E-state index contributed by atoms with van der Waals surface area (Å²) in [6.45, 7) is 7.31. The highest BCUT2D eigenvalue weighted by Gasteiger charge is 2.46. The summed E-state index contributed by atoms with van der Waals surface area (Å²) < 4.78 is 7.18. The molecule has 3 aliphatic rings. The van der Waals surface area contributed by atoms with Gasteiger partial charge in [0.15, 0.2) is 0 Å². The quantitative estimate of drug-likeness (QED) is 0.155. The summed E-state index contributed by atoms with van der Waals surface area (Å²) in [7, 11) is 0. The molecule has 0 spiro atoms. The molecule has 0 saturated carbocycles. The topological polar surface area (TPSA) is 13.1 Å². The first-order valence-corrected chi connectivity index (χ1v) is 26.3. The number of rotatable bonds is 7. The first-order chi connectivity index (χ1) is 36.8. The van der Waals surface area contributed by atoms with Gasteiger partial charge in [-0.1, -0.05) is 196 Å². The minimum Gasteiger partial charge on any atom is -0.455 e. The van der Waals surface area contributed by atoms with Crippen molar-refractivity contribution >= 4 is 33.6 Å². The molecule has 0 radical (unpaired) electrons. The van der Waals surface area contributed by atoms with Gasteiger partial charge in [0.2, 0.25) is 0 Å². The molecule has 1 aromatic heterocycles. The summed E-state index contributed by atoms with van der Waals surface area (Å²) in [6.07, 6.45) is 3.25. The summed E-state index contributed by atoms with van der Waals surface area (Å²) in [5.41, 5.74) is 29.9. The monoisotopic (exact) mass is 954 g/mol. The van der Waals surface area contributed by atoms with Gasteiger partial charge in [-0.25, -0.2) is 0 Å². The lowest BCUT2D eigenvalue weighted by Crippen LogP contribution is -2.24. The van der Waals surface area contributed by atoms with Crippen LogP contribution in [0.2, 0.25) is 0 Å². The van der Waals surface area contributed by atoms with Gasteiger partial charge in [-0.2, -0.15) is 0 Å². The molecule has 12 aromatic rings. The Morgan fingerprint density at radius 2 is 0.960 bits per heavy atom. The molecule has 1 heterocycles. The van der Waals surface area contributed by atoms with Crippen LogP contribution in [0.25, 0.3) is 111 Å². The Morgan fingerprint density at radius 1 is 0.387 bits per heavy atom. The Balaban J connectivity index is 0.959. The molecule has 0 bridgehead atoms. The summed E-state index contributed by atoms with van der Waals surface area (Å²) >= 11 is 0. The standard InChI is InChI=1S/C74H50O/c1-73(2)68-36-46(33-34-58(68)63-41-52(47-21-9-4-10-22-47)38-59(70(63)73)50-27-15-7-16-28-50)35-55-37-56-44-69-62(65-43-54(49-25-13-6-14-26-49)40-61(72(65)75-69)51-29-17-8-18-30-51)45-67(56)74(3)66-32-20-19-31-57(66)64-42-53(39-60(55)71(64)74)48-23-11-5-12-24-48/h4-6,8-15,17-34,36-45H,35H2,1-3H3. The Morgan fingerprint density at radius 3 is 1.63 bits per heavy atom. The zero-order chi connectivity index (χ0) is 50.0. The van der Waals surface area contributed by atoms with Crippen LogP contribution in [-0.4, -0.2) is 0 Å². The summed E-state index contributed by atoms with van der Waals surface area (Å²) in [5.74, 6) is 0. The highest BCUT2D eigenvalue weighted by Crippen LogP contribution is 2.60. The first-order valence-electron chi connectivity index (χ1n) is 26.3. The Hall–Kier alpha value is -9.22. The minimum absolute atomic E-state index is 0.268. The maximum absolute atomic E-state index is 7.18. The van der Waals surface area contributed by atoms with E-state index in [4.69, 9.17) is 4.42 Å². The van der Waals surface area contributed by atoms with Crippen LogP contribution in [0, 0.1) is 12.1 Å². The molecule has 3 aliphatic carbocycles. The highest BCUT2D eigenvalue weighted by atomic mass is 16.3. The number of allylic oxidation sites excluding steroid dienone is 1. The molecule has 352 valence electrons. The van der Waals surface area contributed by atoms with Crippen molar-refractivity contribution in [3.8, 4) is 77.9 Å². The van der Waals surface area contributed by atoms with Crippen molar-refractivity contribution in [2.24, 2.45) is 0 Å². The van der Waals surface area contributed by atoms with E-state index in [1.165, 1.54) is 111 Å². The van der Waals surface area contributed by atoms with Crippen LogP contribution in [0.3, 0.4) is 0 Å². The number of furan rings is 1. The molecule has 0 N–H and O–H groups in total. The van der Waals surface area contributed by atoms with E-state index in [-0.39, 0.29) is 5.41 Å². The third kappa shape index (κ3) is 6.59. The molecular formula is C74H50O. The fourth-order valence-electron chi connectivity index (χ4n) is 13.4. The SMILES string of the molecule is CC1(C)c2cc(CC3=Cc4cc5oc6c(-c7ccccc7)cc(-c7ccccc7)cc6c5cc4C4(C)c5ccccc5-c5cc(-c6ccccc6)cc3c54)ccc2-c2cc(-c3ccccc3)cc(-c3cc#ccc3)c21. The molecule has 0 amide bonds. The van der Waals surface area contributed by atoms with E-state index >= 15 is 0 Å². The molecule has 0 fully saturated rings. The van der Waals surface area contributed by atoms with Gasteiger partial charge in [-0.3, -0.25) is 0 Å². The maximum Gasteiger partial charge on any atom is 0.143 e. The van der Waals surface area contributed by atoms with E-state index in [1.807, 2.05) is 6.07 Å². The summed E-state index contributed by atoms with van der Waals surface area (Å²) in [5, 5.41) is 2.26. The molecular weight excluding hydrogens is 905 g/mol. The zero-order valence-electron chi connectivity index (χ0n) is 42.1. The van der Waals surface area contributed by atoms with Gasteiger partial charge in [-0.05, 0) is 202 Å². The van der Waals surface area contributed by atoms with Gasteiger partial charge >= 0.3 is 0 Å².